The van der Waals surface area contributed by atoms with E-state index >= 15 is 0 Å². The first-order valence-corrected chi connectivity index (χ1v) is 9.42. The van der Waals surface area contributed by atoms with Gasteiger partial charge in [0, 0.05) is 26.3 Å². The van der Waals surface area contributed by atoms with Gasteiger partial charge >= 0.3 is 0 Å². The van der Waals surface area contributed by atoms with Crippen LogP contribution in [0.3, 0.4) is 0 Å². The highest BCUT2D eigenvalue weighted by molar-refractivity contribution is 5.79. The molecule has 2 N–H and O–H groups in total. The smallest absolute Gasteiger partial charge is 0.191 e. The summed E-state index contributed by atoms with van der Waals surface area (Å²) < 4.78 is 5.61. The predicted molar refractivity (Wildman–Crippen MR) is 101 cm³/mol. The molecule has 0 bridgehead atoms. The molecule has 1 aliphatic rings. The number of nitrogens with zero attached hydrogens (tertiary/aromatic N) is 1. The summed E-state index contributed by atoms with van der Waals surface area (Å²) in [6.07, 6.45) is 6.42. The van der Waals surface area contributed by atoms with Crippen molar-refractivity contribution in [3.8, 4) is 0 Å². The van der Waals surface area contributed by atoms with Crippen LogP contribution in [0.4, 0.5) is 0 Å². The van der Waals surface area contributed by atoms with E-state index in [0.29, 0.717) is 12.0 Å². The van der Waals surface area contributed by atoms with E-state index in [1.807, 2.05) is 6.07 Å². The molecule has 0 spiro atoms. The Morgan fingerprint density at radius 2 is 1.88 bits per heavy atom. The molecule has 0 aliphatic heterocycles. The van der Waals surface area contributed by atoms with Gasteiger partial charge in [-0.3, -0.25) is 0 Å². The zero-order valence-electron chi connectivity index (χ0n) is 15.3. The van der Waals surface area contributed by atoms with Gasteiger partial charge in [0.05, 0.1) is 6.54 Å². The number of benzene rings is 1. The number of hydrogen-bond donors (Lipinski definition) is 2. The van der Waals surface area contributed by atoms with E-state index in [0.717, 1.165) is 38.7 Å². The maximum Gasteiger partial charge on any atom is 0.191 e. The summed E-state index contributed by atoms with van der Waals surface area (Å²) in [6.45, 7) is 8.44. The molecule has 4 nitrogen and oxygen atoms in total. The van der Waals surface area contributed by atoms with Gasteiger partial charge in [-0.2, -0.15) is 0 Å². The molecule has 134 valence electrons. The molecule has 1 saturated carbocycles. The first-order valence-electron chi connectivity index (χ1n) is 9.42. The molecule has 0 saturated heterocycles. The molecule has 0 amide bonds. The fourth-order valence-corrected chi connectivity index (χ4v) is 3.44. The van der Waals surface area contributed by atoms with Crippen LogP contribution in [-0.4, -0.2) is 32.3 Å². The molecule has 2 rings (SSSR count). The first kappa shape index (κ1) is 18.8. The first-order chi connectivity index (χ1) is 11.8. The Balaban J connectivity index is 1.90. The van der Waals surface area contributed by atoms with E-state index in [9.17, 15) is 0 Å². The van der Waals surface area contributed by atoms with E-state index in [1.54, 1.807) is 0 Å². The van der Waals surface area contributed by atoms with Crippen LogP contribution in [0.2, 0.25) is 0 Å². The zero-order valence-corrected chi connectivity index (χ0v) is 15.3. The Bertz CT molecular complexity index is 481. The number of hydrogen-bond acceptors (Lipinski definition) is 2. The molecule has 1 aromatic carbocycles. The Kier molecular flexibility index (Phi) is 8.10. The zero-order chi connectivity index (χ0) is 17.1. The molecular weight excluding hydrogens is 298 g/mol. The summed E-state index contributed by atoms with van der Waals surface area (Å²) in [5.74, 6) is 0.920. The maximum atomic E-state index is 5.61. The van der Waals surface area contributed by atoms with Crippen LogP contribution in [0.1, 0.15) is 51.5 Å². The fourth-order valence-electron chi connectivity index (χ4n) is 3.44. The highest BCUT2D eigenvalue weighted by Gasteiger charge is 2.33. The Morgan fingerprint density at radius 3 is 2.54 bits per heavy atom. The minimum atomic E-state index is 0.373. The monoisotopic (exact) mass is 331 g/mol. The van der Waals surface area contributed by atoms with Gasteiger partial charge in [0.15, 0.2) is 5.96 Å². The topological polar surface area (TPSA) is 45.7 Å². The van der Waals surface area contributed by atoms with Crippen molar-refractivity contribution in [2.75, 3.05) is 26.3 Å². The minimum absolute atomic E-state index is 0.373. The summed E-state index contributed by atoms with van der Waals surface area (Å²) in [6, 6.07) is 10.4. The molecular formula is C20H33N3O. The molecule has 1 fully saturated rings. The summed E-state index contributed by atoms with van der Waals surface area (Å²) in [7, 11) is 0. The number of ether oxygens (including phenoxy) is 1. The van der Waals surface area contributed by atoms with Crippen molar-refractivity contribution in [2.24, 2.45) is 10.4 Å². The normalized spacial score (nSPS) is 17.0. The van der Waals surface area contributed by atoms with E-state index in [1.165, 1.54) is 31.2 Å². The van der Waals surface area contributed by atoms with Crippen LogP contribution < -0.4 is 10.6 Å². The second-order valence-corrected chi connectivity index (χ2v) is 6.69. The second-order valence-electron chi connectivity index (χ2n) is 6.69. The quantitative estimate of drug-likeness (QED) is 0.412. The number of nitrogens with one attached hydrogen (secondary N) is 2. The van der Waals surface area contributed by atoms with Crippen LogP contribution in [0.5, 0.6) is 0 Å². The lowest BCUT2D eigenvalue weighted by Gasteiger charge is -2.30. The number of aliphatic imine (C=N–C) groups is 1. The van der Waals surface area contributed by atoms with Crippen LogP contribution in [0.25, 0.3) is 0 Å². The van der Waals surface area contributed by atoms with E-state index in [4.69, 9.17) is 9.73 Å². The van der Waals surface area contributed by atoms with Crippen LogP contribution >= 0.6 is 0 Å². The van der Waals surface area contributed by atoms with E-state index < -0.39 is 0 Å². The Morgan fingerprint density at radius 1 is 1.12 bits per heavy atom. The highest BCUT2D eigenvalue weighted by atomic mass is 16.5. The van der Waals surface area contributed by atoms with Gasteiger partial charge in [-0.05, 0) is 44.1 Å². The molecule has 4 heteroatoms. The van der Waals surface area contributed by atoms with Gasteiger partial charge in [0.25, 0.3) is 0 Å². The fraction of sp³-hybridized carbons (Fsp3) is 0.650. The number of guanidine groups is 1. The Hall–Kier alpha value is -1.55. The van der Waals surface area contributed by atoms with Crippen molar-refractivity contribution in [2.45, 2.75) is 52.5 Å². The summed E-state index contributed by atoms with van der Waals surface area (Å²) in [5, 5.41) is 6.95. The van der Waals surface area contributed by atoms with Crippen molar-refractivity contribution < 1.29 is 4.74 Å². The Labute approximate surface area is 147 Å². The largest absolute Gasteiger partial charge is 0.382 e. The molecule has 1 aliphatic carbocycles. The third kappa shape index (κ3) is 6.16. The molecule has 0 aromatic heterocycles. The van der Waals surface area contributed by atoms with Crippen LogP contribution in [-0.2, 0) is 11.3 Å². The summed E-state index contributed by atoms with van der Waals surface area (Å²) in [5.41, 5.74) is 1.61. The lowest BCUT2D eigenvalue weighted by atomic mass is 9.83. The van der Waals surface area contributed by atoms with Crippen LogP contribution in [0, 0.1) is 5.41 Å². The lowest BCUT2D eigenvalue weighted by Crippen LogP contribution is -2.43. The van der Waals surface area contributed by atoms with Gasteiger partial charge < -0.3 is 15.4 Å². The molecule has 24 heavy (non-hydrogen) atoms. The van der Waals surface area contributed by atoms with Gasteiger partial charge in [-0.15, -0.1) is 0 Å². The maximum absolute atomic E-state index is 5.61. The van der Waals surface area contributed by atoms with E-state index in [2.05, 4.69) is 48.7 Å². The van der Waals surface area contributed by atoms with Crippen molar-refractivity contribution >= 4 is 5.96 Å². The van der Waals surface area contributed by atoms with Gasteiger partial charge in [-0.25, -0.2) is 4.99 Å². The summed E-state index contributed by atoms with van der Waals surface area (Å²) >= 11 is 0. The lowest BCUT2D eigenvalue weighted by molar-refractivity contribution is 0.105. The third-order valence-electron chi connectivity index (χ3n) is 4.88. The molecule has 0 atom stereocenters. The third-order valence-corrected chi connectivity index (χ3v) is 4.88. The average molecular weight is 332 g/mol. The average Bonchev–Trinajstić information content (AvgIpc) is 3.08. The second kappa shape index (κ2) is 10.3. The van der Waals surface area contributed by atoms with Crippen molar-refractivity contribution in [3.05, 3.63) is 35.9 Å². The van der Waals surface area contributed by atoms with Gasteiger partial charge in [0.1, 0.15) is 0 Å². The molecule has 0 radical (unpaired) electrons. The van der Waals surface area contributed by atoms with Gasteiger partial charge in [0.2, 0.25) is 0 Å². The van der Waals surface area contributed by atoms with Crippen molar-refractivity contribution in [1.29, 1.82) is 0 Å². The minimum Gasteiger partial charge on any atom is -0.382 e. The van der Waals surface area contributed by atoms with Crippen molar-refractivity contribution in [1.82, 2.24) is 10.6 Å². The van der Waals surface area contributed by atoms with Crippen LogP contribution in [0.15, 0.2) is 35.3 Å². The molecule has 1 aromatic rings. The van der Waals surface area contributed by atoms with Gasteiger partial charge in [-0.1, -0.05) is 43.2 Å². The highest BCUT2D eigenvalue weighted by Crippen LogP contribution is 2.40. The number of rotatable bonds is 9. The molecule has 0 heterocycles. The summed E-state index contributed by atoms with van der Waals surface area (Å²) in [4.78, 5) is 4.74. The molecule has 0 unspecified atom stereocenters. The predicted octanol–water partition coefficient (Wildman–Crippen LogP) is 3.73. The van der Waals surface area contributed by atoms with E-state index in [-0.39, 0.29) is 0 Å². The standard InChI is InChI=1S/C20H33N3O/c1-3-21-19(22-16-18-10-6-5-7-11-18)23-17-20(12-8-9-13-20)14-15-24-4-2/h5-7,10-11H,3-4,8-9,12-17H2,1-2H3,(H2,21,22,23). The van der Waals surface area contributed by atoms with Crippen molar-refractivity contribution in [3.63, 3.8) is 0 Å². The SMILES string of the molecule is CCNC(=NCc1ccccc1)NCC1(CCOCC)CCCC1.